The van der Waals surface area contributed by atoms with Gasteiger partial charge in [-0.3, -0.25) is 9.78 Å². The number of aliphatic hydroxyl groups excluding tert-OH is 1. The quantitative estimate of drug-likeness (QED) is 0.255. The summed E-state index contributed by atoms with van der Waals surface area (Å²) in [5.74, 6) is 1.24. The first-order chi connectivity index (χ1) is 19.8. The molecule has 0 aliphatic carbocycles. The van der Waals surface area contributed by atoms with Crippen molar-refractivity contribution < 1.29 is 14.4 Å². The molecule has 1 aliphatic rings. The van der Waals surface area contributed by atoms with Crippen LogP contribution in [0, 0.1) is 0 Å². The largest absolute Gasteiger partial charge is 0.394 e. The van der Waals surface area contributed by atoms with Crippen molar-refractivity contribution in [2.75, 3.05) is 24.3 Å². The van der Waals surface area contributed by atoms with Crippen LogP contribution in [0.5, 0.6) is 0 Å². The summed E-state index contributed by atoms with van der Waals surface area (Å²) in [6.45, 7) is 3.71. The van der Waals surface area contributed by atoms with Gasteiger partial charge in [-0.05, 0) is 31.5 Å². The van der Waals surface area contributed by atoms with Crippen molar-refractivity contribution in [1.29, 1.82) is 0 Å². The minimum atomic E-state index is -0.580. The van der Waals surface area contributed by atoms with Crippen LogP contribution in [0.15, 0.2) is 77.8 Å². The highest BCUT2D eigenvalue weighted by Gasteiger charge is 2.42. The van der Waals surface area contributed by atoms with E-state index in [1.807, 2.05) is 50.2 Å². The Morgan fingerprint density at radius 1 is 1.02 bits per heavy atom. The Balaban J connectivity index is 1.36. The van der Waals surface area contributed by atoms with Gasteiger partial charge in [0.15, 0.2) is 0 Å². The highest BCUT2D eigenvalue weighted by molar-refractivity contribution is 5.99. The first-order valence-corrected chi connectivity index (χ1v) is 12.9. The predicted octanol–water partition coefficient (Wildman–Crippen LogP) is 4.19. The van der Waals surface area contributed by atoms with Crippen LogP contribution in [0.1, 0.15) is 41.5 Å². The van der Waals surface area contributed by atoms with Gasteiger partial charge in [-0.1, -0.05) is 35.5 Å². The third-order valence-corrected chi connectivity index (χ3v) is 7.18. The minimum absolute atomic E-state index is 0.119. The van der Waals surface area contributed by atoms with E-state index < -0.39 is 11.6 Å². The molecule has 5 heterocycles. The number of nitrogens with zero attached hydrogens (tertiary/aromatic N) is 7. The molecule has 0 saturated carbocycles. The van der Waals surface area contributed by atoms with E-state index in [0.717, 1.165) is 5.56 Å². The molecule has 41 heavy (non-hydrogen) atoms. The van der Waals surface area contributed by atoms with Crippen LogP contribution in [0.25, 0.3) is 22.8 Å². The molecule has 1 atom stereocenters. The zero-order valence-corrected chi connectivity index (χ0v) is 22.6. The number of aliphatic hydroxyl groups is 1. The Kier molecular flexibility index (Phi) is 6.59. The molecule has 6 rings (SSSR count). The smallest absolute Gasteiger partial charge is 0.261 e. The third-order valence-electron chi connectivity index (χ3n) is 7.18. The number of benzene rings is 1. The van der Waals surface area contributed by atoms with Crippen LogP contribution in [-0.4, -0.2) is 59.6 Å². The van der Waals surface area contributed by atoms with E-state index in [1.54, 1.807) is 42.7 Å². The molecule has 12 heteroatoms. The summed E-state index contributed by atoms with van der Waals surface area (Å²) in [5.41, 5.74) is 3.26. The van der Waals surface area contributed by atoms with E-state index in [4.69, 9.17) is 4.52 Å². The summed E-state index contributed by atoms with van der Waals surface area (Å²) < 4.78 is 5.61. The first kappa shape index (κ1) is 26.0. The highest BCUT2D eigenvalue weighted by Crippen LogP contribution is 2.37. The van der Waals surface area contributed by atoms with E-state index in [2.05, 4.69) is 40.7 Å². The number of hydrogen-bond donors (Lipinski definition) is 3. The van der Waals surface area contributed by atoms with E-state index >= 15 is 0 Å². The van der Waals surface area contributed by atoms with Gasteiger partial charge in [0.05, 0.1) is 40.7 Å². The lowest BCUT2D eigenvalue weighted by Gasteiger charge is -2.27. The van der Waals surface area contributed by atoms with Crippen LogP contribution in [0.3, 0.4) is 0 Å². The maximum Gasteiger partial charge on any atom is 0.261 e. The average molecular weight is 550 g/mol. The van der Waals surface area contributed by atoms with Crippen LogP contribution in [0.2, 0.25) is 0 Å². The summed E-state index contributed by atoms with van der Waals surface area (Å²) in [6, 6.07) is 14.6. The fourth-order valence-corrected chi connectivity index (χ4v) is 4.64. The molecule has 206 valence electrons. The molecule has 4 aromatic heterocycles. The van der Waals surface area contributed by atoms with Crippen molar-refractivity contribution in [2.45, 2.75) is 25.4 Å². The van der Waals surface area contributed by atoms with Crippen molar-refractivity contribution in [3.05, 3.63) is 90.1 Å². The Morgan fingerprint density at radius 2 is 1.83 bits per heavy atom. The highest BCUT2D eigenvalue weighted by atomic mass is 16.5. The lowest BCUT2D eigenvalue weighted by atomic mass is 10.0. The maximum absolute atomic E-state index is 12.6. The van der Waals surface area contributed by atoms with Crippen LogP contribution in [0.4, 0.5) is 17.5 Å². The Labute approximate surface area is 235 Å². The molecule has 5 aromatic rings. The van der Waals surface area contributed by atoms with Crippen molar-refractivity contribution >= 4 is 23.4 Å². The second-order valence-electron chi connectivity index (χ2n) is 10.1. The zero-order chi connectivity index (χ0) is 28.6. The normalized spacial score (nSPS) is 14.5. The van der Waals surface area contributed by atoms with Crippen LogP contribution >= 0.6 is 0 Å². The number of amides is 1. The average Bonchev–Trinajstić information content (AvgIpc) is 3.55. The van der Waals surface area contributed by atoms with Gasteiger partial charge in [0.2, 0.25) is 11.8 Å². The molecular weight excluding hydrogens is 522 g/mol. The van der Waals surface area contributed by atoms with Gasteiger partial charge in [0.1, 0.15) is 5.82 Å². The van der Waals surface area contributed by atoms with Crippen molar-refractivity contribution in [3.8, 4) is 22.8 Å². The number of carbonyl (C=O) groups excluding carboxylic acids is 1. The molecule has 0 saturated heterocycles. The molecule has 0 unspecified atom stereocenters. The van der Waals surface area contributed by atoms with Crippen molar-refractivity contribution in [1.82, 2.24) is 35.0 Å². The third kappa shape index (κ3) is 4.85. The summed E-state index contributed by atoms with van der Waals surface area (Å²) in [5, 5.41) is 20.9. The van der Waals surface area contributed by atoms with E-state index in [0.29, 0.717) is 45.7 Å². The molecule has 1 amide bonds. The molecule has 0 radical (unpaired) electrons. The number of aromatic nitrogens is 6. The zero-order valence-electron chi connectivity index (χ0n) is 22.6. The van der Waals surface area contributed by atoms with Gasteiger partial charge in [0, 0.05) is 43.5 Å². The summed E-state index contributed by atoms with van der Waals surface area (Å²) >= 11 is 0. The molecular formula is C29H27N9O3. The van der Waals surface area contributed by atoms with Gasteiger partial charge in [-0.15, -0.1) is 0 Å². The lowest BCUT2D eigenvalue weighted by molar-refractivity contribution is 0.0688. The van der Waals surface area contributed by atoms with Crippen molar-refractivity contribution in [2.24, 2.45) is 0 Å². The van der Waals surface area contributed by atoms with E-state index in [-0.39, 0.29) is 18.4 Å². The minimum Gasteiger partial charge on any atom is -0.394 e. The topological polar surface area (TPSA) is 155 Å². The molecule has 3 N–H and O–H groups in total. The van der Waals surface area contributed by atoms with Crippen molar-refractivity contribution in [3.63, 3.8) is 0 Å². The molecule has 1 aliphatic heterocycles. The Bertz CT molecular complexity index is 1710. The van der Waals surface area contributed by atoms with Gasteiger partial charge < -0.3 is 25.2 Å². The number of anilines is 3. The SMILES string of the molecule is CN1C(=O)c2cnc(Nc3cc(N[C@H](CO)c4ccccc4)c(-c4nc(-c5cccnc5)no4)cn3)nc2C1(C)C. The van der Waals surface area contributed by atoms with E-state index in [1.165, 1.54) is 6.20 Å². The molecule has 0 fully saturated rings. The molecule has 0 spiro atoms. The first-order valence-electron chi connectivity index (χ1n) is 12.9. The summed E-state index contributed by atoms with van der Waals surface area (Å²) in [4.78, 5) is 36.5. The maximum atomic E-state index is 12.6. The summed E-state index contributed by atoms with van der Waals surface area (Å²) in [6.07, 6.45) is 6.45. The second-order valence-corrected chi connectivity index (χ2v) is 10.1. The standard InChI is InChI=1S/C29H27N9O3/c1-29(2)24-20(27(40)38(29)3)15-32-28(35-24)34-23-12-21(33-22(16-39)17-8-5-4-6-9-17)19(14-31-23)26-36-25(37-41-26)18-10-7-11-30-13-18/h4-15,22,39H,16H2,1-3H3,(H2,31,32,33,34,35)/t22-/m1/s1. The molecule has 1 aromatic carbocycles. The fraction of sp³-hybridized carbons (Fsp3) is 0.207. The number of rotatable bonds is 8. The van der Waals surface area contributed by atoms with Crippen LogP contribution < -0.4 is 10.6 Å². The fourth-order valence-electron chi connectivity index (χ4n) is 4.64. The number of hydrogen-bond acceptors (Lipinski definition) is 11. The van der Waals surface area contributed by atoms with Gasteiger partial charge >= 0.3 is 0 Å². The Hall–Kier alpha value is -5.23. The van der Waals surface area contributed by atoms with E-state index in [9.17, 15) is 9.90 Å². The lowest BCUT2D eigenvalue weighted by Crippen LogP contribution is -2.35. The second kappa shape index (κ2) is 10.4. The van der Waals surface area contributed by atoms with Gasteiger partial charge in [-0.2, -0.15) is 4.98 Å². The molecule has 12 nitrogen and oxygen atoms in total. The van der Waals surface area contributed by atoms with Crippen LogP contribution in [-0.2, 0) is 5.54 Å². The number of fused-ring (bicyclic) bond motifs is 1. The number of pyridine rings is 2. The number of carbonyl (C=O) groups is 1. The summed E-state index contributed by atoms with van der Waals surface area (Å²) in [7, 11) is 1.75. The monoisotopic (exact) mass is 549 g/mol. The molecule has 0 bridgehead atoms. The van der Waals surface area contributed by atoms with Gasteiger partial charge in [-0.25, -0.2) is 15.0 Å². The Morgan fingerprint density at radius 3 is 2.59 bits per heavy atom. The predicted molar refractivity (Wildman–Crippen MR) is 151 cm³/mol. The number of nitrogens with one attached hydrogen (secondary N) is 2. The van der Waals surface area contributed by atoms with Gasteiger partial charge in [0.25, 0.3) is 11.8 Å².